The van der Waals surface area contributed by atoms with Gasteiger partial charge in [0, 0.05) is 10.7 Å². The summed E-state index contributed by atoms with van der Waals surface area (Å²) in [6.45, 7) is 1.99. The molecule has 0 radical (unpaired) electrons. The molecule has 6 heteroatoms. The number of benzene rings is 2. The van der Waals surface area contributed by atoms with Gasteiger partial charge in [-0.1, -0.05) is 23.7 Å². The van der Waals surface area contributed by atoms with Gasteiger partial charge >= 0.3 is 0 Å². The van der Waals surface area contributed by atoms with Gasteiger partial charge in [0.05, 0.1) is 12.8 Å². The van der Waals surface area contributed by atoms with E-state index in [4.69, 9.17) is 11.6 Å². The normalized spacial score (nSPS) is 10.7. The summed E-state index contributed by atoms with van der Waals surface area (Å²) in [5.41, 5.74) is 4.88. The van der Waals surface area contributed by atoms with Gasteiger partial charge in [0.25, 0.3) is 5.91 Å². The van der Waals surface area contributed by atoms with Crippen LogP contribution in [-0.2, 0) is 4.79 Å². The van der Waals surface area contributed by atoms with E-state index in [9.17, 15) is 9.18 Å². The fourth-order valence-corrected chi connectivity index (χ4v) is 1.99. The first-order chi connectivity index (χ1) is 10.5. The van der Waals surface area contributed by atoms with Crippen molar-refractivity contribution < 1.29 is 9.18 Å². The molecule has 0 fully saturated rings. The first-order valence-corrected chi connectivity index (χ1v) is 7.00. The standard InChI is InChI=1S/C16H15ClFN3O/c1-11-8-13(17)4-7-15(11)19-10-16(22)21-20-9-12-2-5-14(18)6-3-12/h2-9,19H,10H2,1H3,(H,21,22)/b20-9-. The molecule has 0 aliphatic carbocycles. The van der Waals surface area contributed by atoms with Crippen molar-refractivity contribution in [3.8, 4) is 0 Å². The molecule has 0 atom stereocenters. The third-order valence-corrected chi connectivity index (χ3v) is 3.14. The van der Waals surface area contributed by atoms with E-state index >= 15 is 0 Å². The minimum atomic E-state index is -0.316. The molecule has 22 heavy (non-hydrogen) atoms. The number of anilines is 1. The van der Waals surface area contributed by atoms with Gasteiger partial charge in [-0.05, 0) is 48.4 Å². The van der Waals surface area contributed by atoms with E-state index in [0.717, 1.165) is 11.3 Å². The highest BCUT2D eigenvalue weighted by molar-refractivity contribution is 6.30. The van der Waals surface area contributed by atoms with Crippen molar-refractivity contribution in [1.82, 2.24) is 5.43 Å². The monoisotopic (exact) mass is 319 g/mol. The van der Waals surface area contributed by atoms with Gasteiger partial charge in [0.1, 0.15) is 5.82 Å². The van der Waals surface area contributed by atoms with Crippen molar-refractivity contribution in [3.63, 3.8) is 0 Å². The molecule has 0 aliphatic rings. The van der Waals surface area contributed by atoms with Crippen molar-refractivity contribution in [2.75, 3.05) is 11.9 Å². The predicted octanol–water partition coefficient (Wildman–Crippen LogP) is 3.35. The van der Waals surface area contributed by atoms with Crippen molar-refractivity contribution in [1.29, 1.82) is 0 Å². The van der Waals surface area contributed by atoms with E-state index in [1.54, 1.807) is 18.2 Å². The number of hydrogen-bond acceptors (Lipinski definition) is 3. The SMILES string of the molecule is Cc1cc(Cl)ccc1NCC(=O)N/N=C\c1ccc(F)cc1. The maximum atomic E-state index is 12.7. The second-order valence-electron chi connectivity index (χ2n) is 4.66. The number of hydrazone groups is 1. The van der Waals surface area contributed by atoms with Gasteiger partial charge in [0.2, 0.25) is 0 Å². The van der Waals surface area contributed by atoms with E-state index in [1.165, 1.54) is 18.3 Å². The summed E-state index contributed by atoms with van der Waals surface area (Å²) >= 11 is 5.87. The molecule has 2 rings (SSSR count). The van der Waals surface area contributed by atoms with Gasteiger partial charge in [-0.15, -0.1) is 0 Å². The first-order valence-electron chi connectivity index (χ1n) is 6.62. The Labute approximate surface area is 133 Å². The topological polar surface area (TPSA) is 53.5 Å². The van der Waals surface area contributed by atoms with Crippen LogP contribution in [0.4, 0.5) is 10.1 Å². The summed E-state index contributed by atoms with van der Waals surface area (Å²) in [4.78, 5) is 11.7. The van der Waals surface area contributed by atoms with Crippen LogP contribution in [0.15, 0.2) is 47.6 Å². The Kier molecular flexibility index (Phi) is 5.49. The van der Waals surface area contributed by atoms with Crippen LogP contribution >= 0.6 is 11.6 Å². The summed E-state index contributed by atoms with van der Waals surface area (Å²) in [5.74, 6) is -0.601. The molecule has 2 aromatic carbocycles. The summed E-state index contributed by atoms with van der Waals surface area (Å²) < 4.78 is 12.7. The quantitative estimate of drug-likeness (QED) is 0.656. The van der Waals surface area contributed by atoms with Gasteiger partial charge in [-0.25, -0.2) is 9.82 Å². The zero-order valence-electron chi connectivity index (χ0n) is 11.9. The average molecular weight is 320 g/mol. The number of hydrogen-bond donors (Lipinski definition) is 2. The molecule has 0 saturated heterocycles. The lowest BCUT2D eigenvalue weighted by atomic mass is 10.2. The van der Waals surface area contributed by atoms with Gasteiger partial charge < -0.3 is 5.32 Å². The average Bonchev–Trinajstić information content (AvgIpc) is 2.48. The Hall–Kier alpha value is -2.40. The Morgan fingerprint density at radius 3 is 2.68 bits per heavy atom. The number of aryl methyl sites for hydroxylation is 1. The maximum Gasteiger partial charge on any atom is 0.259 e. The van der Waals surface area contributed by atoms with Crippen LogP contribution in [0.1, 0.15) is 11.1 Å². The largest absolute Gasteiger partial charge is 0.376 e. The van der Waals surface area contributed by atoms with Crippen LogP contribution in [0.25, 0.3) is 0 Å². The molecule has 0 aliphatic heterocycles. The Morgan fingerprint density at radius 2 is 2.00 bits per heavy atom. The molecular formula is C16H15ClFN3O. The summed E-state index contributed by atoms with van der Waals surface area (Å²) in [7, 11) is 0. The lowest BCUT2D eigenvalue weighted by molar-refractivity contribution is -0.119. The number of nitrogens with one attached hydrogen (secondary N) is 2. The molecule has 0 aromatic heterocycles. The molecular weight excluding hydrogens is 305 g/mol. The highest BCUT2D eigenvalue weighted by Crippen LogP contribution is 2.19. The summed E-state index contributed by atoms with van der Waals surface area (Å²) in [6.07, 6.45) is 1.45. The Bertz CT molecular complexity index is 686. The smallest absolute Gasteiger partial charge is 0.259 e. The number of carbonyl (C=O) groups is 1. The Balaban J connectivity index is 1.81. The van der Waals surface area contributed by atoms with Crippen LogP contribution in [0.3, 0.4) is 0 Å². The minimum Gasteiger partial charge on any atom is -0.376 e. The summed E-state index contributed by atoms with van der Waals surface area (Å²) in [6, 6.07) is 11.2. The number of amides is 1. The predicted molar refractivity (Wildman–Crippen MR) is 86.8 cm³/mol. The van der Waals surface area contributed by atoms with E-state index in [1.807, 2.05) is 19.1 Å². The molecule has 2 aromatic rings. The van der Waals surface area contributed by atoms with E-state index in [-0.39, 0.29) is 18.3 Å². The van der Waals surface area contributed by atoms with Crippen molar-refractivity contribution >= 4 is 29.4 Å². The van der Waals surface area contributed by atoms with E-state index in [2.05, 4.69) is 15.8 Å². The molecule has 0 bridgehead atoms. The lowest BCUT2D eigenvalue weighted by Crippen LogP contribution is -2.26. The van der Waals surface area contributed by atoms with Gasteiger partial charge in [0.15, 0.2) is 0 Å². The van der Waals surface area contributed by atoms with Crippen LogP contribution in [0.5, 0.6) is 0 Å². The van der Waals surface area contributed by atoms with E-state index in [0.29, 0.717) is 10.6 Å². The number of nitrogens with zero attached hydrogens (tertiary/aromatic N) is 1. The zero-order chi connectivity index (χ0) is 15.9. The van der Waals surface area contributed by atoms with Crippen LogP contribution in [0, 0.1) is 12.7 Å². The third-order valence-electron chi connectivity index (χ3n) is 2.90. The van der Waals surface area contributed by atoms with Gasteiger partial charge in [-0.2, -0.15) is 5.10 Å². The molecule has 2 N–H and O–H groups in total. The molecule has 4 nitrogen and oxygen atoms in total. The third kappa shape index (κ3) is 4.86. The number of rotatable bonds is 5. The fraction of sp³-hybridized carbons (Fsp3) is 0.125. The number of halogens is 2. The van der Waals surface area contributed by atoms with Crippen molar-refractivity contribution in [3.05, 3.63) is 64.4 Å². The maximum absolute atomic E-state index is 12.7. The lowest BCUT2D eigenvalue weighted by Gasteiger charge is -2.08. The van der Waals surface area contributed by atoms with E-state index < -0.39 is 0 Å². The van der Waals surface area contributed by atoms with Crippen LogP contribution in [0.2, 0.25) is 5.02 Å². The molecule has 0 saturated carbocycles. The highest BCUT2D eigenvalue weighted by Gasteiger charge is 2.02. The first kappa shape index (κ1) is 16.0. The molecule has 0 heterocycles. The van der Waals surface area contributed by atoms with Gasteiger partial charge in [-0.3, -0.25) is 4.79 Å². The van der Waals surface area contributed by atoms with Crippen LogP contribution < -0.4 is 10.7 Å². The minimum absolute atomic E-state index is 0.0865. The molecule has 114 valence electrons. The number of carbonyl (C=O) groups excluding carboxylic acids is 1. The van der Waals surface area contributed by atoms with Crippen LogP contribution in [-0.4, -0.2) is 18.7 Å². The van der Waals surface area contributed by atoms with Crippen molar-refractivity contribution in [2.24, 2.45) is 5.10 Å². The summed E-state index contributed by atoms with van der Waals surface area (Å²) in [5, 5.41) is 7.46. The molecule has 1 amide bonds. The van der Waals surface area contributed by atoms with Crippen molar-refractivity contribution in [2.45, 2.75) is 6.92 Å². The highest BCUT2D eigenvalue weighted by atomic mass is 35.5. The fourth-order valence-electron chi connectivity index (χ4n) is 1.77. The zero-order valence-corrected chi connectivity index (χ0v) is 12.7. The second-order valence-corrected chi connectivity index (χ2v) is 5.09. The Morgan fingerprint density at radius 1 is 1.27 bits per heavy atom. The molecule has 0 spiro atoms. The molecule has 0 unspecified atom stereocenters. The second kappa shape index (κ2) is 7.56.